The predicted octanol–water partition coefficient (Wildman–Crippen LogP) is 3.96. The molecule has 0 spiro atoms. The van der Waals surface area contributed by atoms with Crippen LogP contribution in [0.2, 0.25) is 0 Å². The quantitative estimate of drug-likeness (QED) is 0.480. The van der Waals surface area contributed by atoms with Crippen molar-refractivity contribution in [1.82, 2.24) is 0 Å². The second-order valence-electron chi connectivity index (χ2n) is 10.5. The van der Waals surface area contributed by atoms with E-state index in [1.165, 1.54) is 6.92 Å². The Balaban J connectivity index is 1.91. The summed E-state index contributed by atoms with van der Waals surface area (Å²) in [5.41, 5.74) is -7.90. The molecule has 33 heavy (non-hydrogen) atoms. The highest BCUT2D eigenvalue weighted by molar-refractivity contribution is 6.29. The Bertz CT molecular complexity index is 997. The number of esters is 1. The van der Waals surface area contributed by atoms with Gasteiger partial charge in [0.15, 0.2) is 22.9 Å². The molecule has 0 bridgehead atoms. The number of hydrogen-bond donors (Lipinski definition) is 1. The lowest BCUT2D eigenvalue weighted by Crippen LogP contribution is -2.71. The molecule has 0 heterocycles. The number of aliphatic hydroxyl groups excluding tert-OH is 1. The first-order chi connectivity index (χ1) is 15.2. The number of Topliss-reactive ketones (excluding diaryl/α,β-unsaturated/α-hetero) is 1. The van der Waals surface area contributed by atoms with Crippen LogP contribution < -0.4 is 0 Å². The Morgan fingerprint density at radius 2 is 1.91 bits per heavy atom. The Hall–Kier alpha value is -1.67. The number of allylic oxidation sites excluding steroid dienone is 4. The van der Waals surface area contributed by atoms with Gasteiger partial charge < -0.3 is 9.84 Å². The van der Waals surface area contributed by atoms with Crippen molar-refractivity contribution in [1.29, 1.82) is 0 Å². The summed E-state index contributed by atoms with van der Waals surface area (Å²) in [6.07, 6.45) is -2.19. The van der Waals surface area contributed by atoms with Gasteiger partial charge in [-0.3, -0.25) is 14.4 Å². The van der Waals surface area contributed by atoms with Crippen molar-refractivity contribution in [3.63, 3.8) is 0 Å². The minimum Gasteiger partial charge on any atom is -0.450 e. The highest BCUT2D eigenvalue weighted by atomic mass is 35.5. The molecule has 4 rings (SSSR count). The second-order valence-corrected chi connectivity index (χ2v) is 10.7. The fourth-order valence-electron chi connectivity index (χ4n) is 7.81. The molecule has 0 aromatic heterocycles. The third-order valence-electron chi connectivity index (χ3n) is 9.09. The molecule has 0 saturated heterocycles. The third-order valence-corrected chi connectivity index (χ3v) is 9.33. The lowest BCUT2D eigenvalue weighted by atomic mass is 9.44. The van der Waals surface area contributed by atoms with Gasteiger partial charge in [-0.25, -0.2) is 13.2 Å². The first-order valence-electron chi connectivity index (χ1n) is 11.2. The van der Waals surface area contributed by atoms with Crippen LogP contribution in [0, 0.1) is 28.6 Å². The van der Waals surface area contributed by atoms with Crippen molar-refractivity contribution in [3.8, 4) is 0 Å². The standard InChI is InChI=1S/C24H28ClF3O5/c1-11-7-13-14-8-15(26)19-20(27)16(30)5-6-21(19,3)23(14,28)17(31)9-22(13,4)24(11,18(32)10-25)33-12(2)29/h5-6,11,13-15,17,31H,7-10H2,1-4H3/t11-,13+,14+,15+,17+,21+,22+,23+,24+/m1/s1. The van der Waals surface area contributed by atoms with Crippen molar-refractivity contribution in [2.75, 3.05) is 5.88 Å². The van der Waals surface area contributed by atoms with Crippen LogP contribution in [0.5, 0.6) is 0 Å². The third kappa shape index (κ3) is 2.74. The molecular weight excluding hydrogens is 461 g/mol. The number of ketones is 2. The maximum absolute atomic E-state index is 17.1. The Kier molecular flexibility index (Phi) is 5.49. The maximum Gasteiger partial charge on any atom is 0.303 e. The lowest BCUT2D eigenvalue weighted by molar-refractivity contribution is -0.230. The molecule has 182 valence electrons. The molecule has 4 aliphatic rings. The highest BCUT2D eigenvalue weighted by Crippen LogP contribution is 2.72. The summed E-state index contributed by atoms with van der Waals surface area (Å²) in [5.74, 6) is -6.43. The summed E-state index contributed by atoms with van der Waals surface area (Å²) in [6, 6.07) is 0. The van der Waals surface area contributed by atoms with Crippen LogP contribution in [0.25, 0.3) is 0 Å². The average molecular weight is 489 g/mol. The number of halogens is 4. The van der Waals surface area contributed by atoms with E-state index >= 15 is 8.78 Å². The van der Waals surface area contributed by atoms with Crippen LogP contribution in [0.4, 0.5) is 13.2 Å². The van der Waals surface area contributed by atoms with Gasteiger partial charge in [-0.1, -0.05) is 19.9 Å². The number of carbonyl (C=O) groups excluding carboxylic acids is 3. The normalized spacial score (nSPS) is 48.8. The minimum absolute atomic E-state index is 0.225. The fourth-order valence-corrected chi connectivity index (χ4v) is 8.01. The first kappa shape index (κ1) is 24.5. The topological polar surface area (TPSA) is 80.7 Å². The number of ether oxygens (including phenoxy) is 1. The van der Waals surface area contributed by atoms with Gasteiger partial charge in [-0.15, -0.1) is 11.6 Å². The summed E-state index contributed by atoms with van der Waals surface area (Å²) in [7, 11) is 0. The Labute approximate surface area is 195 Å². The number of fused-ring (bicyclic) bond motifs is 5. The van der Waals surface area contributed by atoms with Gasteiger partial charge in [0.2, 0.25) is 5.78 Å². The molecule has 3 saturated carbocycles. The first-order valence-corrected chi connectivity index (χ1v) is 11.7. The van der Waals surface area contributed by atoms with Crippen LogP contribution in [0.3, 0.4) is 0 Å². The Morgan fingerprint density at radius 1 is 1.27 bits per heavy atom. The van der Waals surface area contributed by atoms with Gasteiger partial charge in [0.1, 0.15) is 6.17 Å². The fraction of sp³-hybridized carbons (Fsp3) is 0.708. The molecule has 9 heteroatoms. The van der Waals surface area contributed by atoms with E-state index in [1.807, 2.05) is 0 Å². The smallest absolute Gasteiger partial charge is 0.303 e. The summed E-state index contributed by atoms with van der Waals surface area (Å²) in [5, 5.41) is 11.3. The van der Waals surface area contributed by atoms with Crippen molar-refractivity contribution >= 4 is 29.1 Å². The molecule has 0 aromatic rings. The van der Waals surface area contributed by atoms with Crippen LogP contribution in [0.15, 0.2) is 23.6 Å². The minimum atomic E-state index is -2.50. The number of hydrogen-bond acceptors (Lipinski definition) is 5. The van der Waals surface area contributed by atoms with Crippen LogP contribution in [0.1, 0.15) is 47.0 Å². The molecule has 0 aliphatic heterocycles. The van der Waals surface area contributed by atoms with Crippen LogP contribution in [-0.4, -0.2) is 52.1 Å². The molecule has 4 aliphatic carbocycles. The second kappa shape index (κ2) is 7.41. The van der Waals surface area contributed by atoms with Gasteiger partial charge in [0.25, 0.3) is 0 Å². The summed E-state index contributed by atoms with van der Waals surface area (Å²) in [4.78, 5) is 37.1. The Morgan fingerprint density at radius 3 is 2.48 bits per heavy atom. The summed E-state index contributed by atoms with van der Waals surface area (Å²) >= 11 is 5.90. The number of rotatable bonds is 3. The number of carbonyl (C=O) groups is 3. The zero-order valence-electron chi connectivity index (χ0n) is 19.0. The predicted molar refractivity (Wildman–Crippen MR) is 113 cm³/mol. The van der Waals surface area contributed by atoms with E-state index in [-0.39, 0.29) is 12.8 Å². The van der Waals surface area contributed by atoms with Crippen molar-refractivity contribution in [2.45, 2.75) is 70.5 Å². The maximum atomic E-state index is 17.1. The SMILES string of the molecule is CC(=O)O[C@]1(C(=O)CCl)[C@H](C)C[C@H]2[C@@H]3C[C@H](F)C4=C(F)C(=O)C=C[C@]4(C)[C@@]3(F)[C@@H](O)C[C@@]21C. The molecule has 0 radical (unpaired) electrons. The highest BCUT2D eigenvalue weighted by Gasteiger charge is 2.78. The lowest BCUT2D eigenvalue weighted by Gasteiger charge is -2.63. The zero-order valence-corrected chi connectivity index (χ0v) is 19.7. The summed E-state index contributed by atoms with van der Waals surface area (Å²) < 4.78 is 53.0. The largest absolute Gasteiger partial charge is 0.450 e. The van der Waals surface area contributed by atoms with E-state index in [1.54, 1.807) is 13.8 Å². The monoisotopic (exact) mass is 488 g/mol. The molecule has 5 nitrogen and oxygen atoms in total. The van der Waals surface area contributed by atoms with E-state index in [0.29, 0.717) is 0 Å². The van der Waals surface area contributed by atoms with Crippen LogP contribution in [-0.2, 0) is 19.1 Å². The van der Waals surface area contributed by atoms with Crippen molar-refractivity contribution in [3.05, 3.63) is 23.6 Å². The molecule has 0 amide bonds. The van der Waals surface area contributed by atoms with Gasteiger partial charge >= 0.3 is 5.97 Å². The average Bonchev–Trinajstić information content (AvgIpc) is 2.94. The van der Waals surface area contributed by atoms with Crippen molar-refractivity contribution < 1.29 is 37.4 Å². The number of aliphatic hydroxyl groups is 1. The number of alkyl halides is 3. The molecule has 1 N–H and O–H groups in total. The van der Waals surface area contributed by atoms with Gasteiger partial charge in [-0.2, -0.15) is 0 Å². The van der Waals surface area contributed by atoms with E-state index in [0.717, 1.165) is 19.1 Å². The molecular formula is C24H28ClF3O5. The van der Waals surface area contributed by atoms with E-state index in [9.17, 15) is 23.9 Å². The molecule has 0 unspecified atom stereocenters. The molecule has 0 aromatic carbocycles. The summed E-state index contributed by atoms with van der Waals surface area (Å²) in [6.45, 7) is 5.81. The van der Waals surface area contributed by atoms with Crippen LogP contribution >= 0.6 is 11.6 Å². The van der Waals surface area contributed by atoms with Gasteiger partial charge in [0.05, 0.1) is 12.0 Å². The van der Waals surface area contributed by atoms with E-state index in [4.69, 9.17) is 16.3 Å². The molecule has 3 fully saturated rings. The van der Waals surface area contributed by atoms with E-state index in [2.05, 4.69) is 0 Å². The molecule has 9 atom stereocenters. The van der Waals surface area contributed by atoms with E-state index < -0.39 is 93.4 Å². The zero-order chi connectivity index (χ0) is 24.7. The van der Waals surface area contributed by atoms with Gasteiger partial charge in [-0.05, 0) is 38.2 Å². The van der Waals surface area contributed by atoms with Gasteiger partial charge in [0, 0.05) is 35.2 Å². The van der Waals surface area contributed by atoms with Crippen molar-refractivity contribution in [2.24, 2.45) is 28.6 Å².